The average Bonchev–Trinajstić information content (AvgIpc) is 3.63. The molecular weight excluding hydrogens is 763 g/mol. The number of amides is 3. The van der Waals surface area contributed by atoms with Gasteiger partial charge in [0.15, 0.2) is 11.4 Å². The lowest BCUT2D eigenvalue weighted by molar-refractivity contribution is -0.135. The number of hydrogen-bond acceptors (Lipinski definition) is 10. The van der Waals surface area contributed by atoms with Gasteiger partial charge in [0, 0.05) is 44.5 Å². The molecule has 1 unspecified atom stereocenters. The van der Waals surface area contributed by atoms with Crippen LogP contribution < -0.4 is 21.6 Å². The molecule has 3 aliphatic rings. The molecule has 3 fully saturated rings. The Hall–Kier alpha value is -5.71. The van der Waals surface area contributed by atoms with Gasteiger partial charge in [-0.15, -0.1) is 0 Å². The van der Waals surface area contributed by atoms with Crippen molar-refractivity contribution in [2.45, 2.75) is 89.1 Å². The number of aryl methyl sites for hydroxylation is 2. The molecule has 2 aliphatic carbocycles. The van der Waals surface area contributed by atoms with Crippen molar-refractivity contribution in [2.75, 3.05) is 37.3 Å². The van der Waals surface area contributed by atoms with E-state index in [4.69, 9.17) is 4.42 Å². The Morgan fingerprint density at radius 2 is 1.85 bits per heavy atom. The number of imide groups is 1. The second-order valence-electron chi connectivity index (χ2n) is 16.3. The molecule has 2 saturated carbocycles. The van der Waals surface area contributed by atoms with E-state index in [1.807, 2.05) is 18.2 Å². The predicted molar refractivity (Wildman–Crippen MR) is 216 cm³/mol. The van der Waals surface area contributed by atoms with E-state index >= 15 is 0 Å². The van der Waals surface area contributed by atoms with Gasteiger partial charge in [-0.2, -0.15) is 5.10 Å². The molecular formula is C42H50F2N10O5. The summed E-state index contributed by atoms with van der Waals surface area (Å²) in [6.45, 7) is 2.67. The quantitative estimate of drug-likeness (QED) is 0.0762. The second kappa shape index (κ2) is 17.3. The van der Waals surface area contributed by atoms with E-state index in [9.17, 15) is 28.0 Å². The van der Waals surface area contributed by atoms with Crippen LogP contribution in [0, 0.1) is 11.8 Å². The monoisotopic (exact) mass is 812 g/mol. The molecule has 3 amide bonds. The molecule has 3 N–H and O–H groups in total. The van der Waals surface area contributed by atoms with Gasteiger partial charge in [0.05, 0.1) is 22.8 Å². The maximum atomic E-state index is 14.2. The smallest absolute Gasteiger partial charge is 0.329 e. The molecule has 1 aliphatic heterocycles. The van der Waals surface area contributed by atoms with Gasteiger partial charge in [-0.3, -0.25) is 33.5 Å². The summed E-state index contributed by atoms with van der Waals surface area (Å²) in [6, 6.07) is 8.55. The number of rotatable bonds is 16. The molecule has 0 radical (unpaired) electrons. The number of nitrogens with one attached hydrogen (secondary N) is 3. The van der Waals surface area contributed by atoms with Crippen LogP contribution in [-0.4, -0.2) is 78.2 Å². The molecule has 1 saturated heterocycles. The molecule has 15 nitrogen and oxygen atoms in total. The zero-order chi connectivity index (χ0) is 41.2. The number of pyridine rings is 1. The van der Waals surface area contributed by atoms with E-state index in [1.54, 1.807) is 34.6 Å². The van der Waals surface area contributed by atoms with Crippen molar-refractivity contribution in [3.63, 3.8) is 0 Å². The summed E-state index contributed by atoms with van der Waals surface area (Å²) in [7, 11) is 3.84. The van der Waals surface area contributed by atoms with Crippen LogP contribution in [0.3, 0.4) is 0 Å². The Morgan fingerprint density at radius 3 is 2.61 bits per heavy atom. The number of piperidine rings is 1. The van der Waals surface area contributed by atoms with Crippen molar-refractivity contribution in [1.29, 1.82) is 0 Å². The number of hydrogen-bond donors (Lipinski definition) is 3. The number of anilines is 2. The largest absolute Gasteiger partial charge is 0.444 e. The number of para-hydroxylation sites is 1. The first-order chi connectivity index (χ1) is 28.5. The predicted octanol–water partition coefficient (Wildman–Crippen LogP) is 6.26. The van der Waals surface area contributed by atoms with Crippen LogP contribution in [0.5, 0.6) is 0 Å². The SMILES string of the molecule is CN(CCCCc1cccc2c1n(C)c(=O)n2C1CCC(=O)NC1=O)CC1CCC(n2cc(NC(=O)c3coc(-c4ccnc(NCC5CC5)c4)n3)c(C(F)F)n2)CC1. The van der Waals surface area contributed by atoms with Gasteiger partial charge < -0.3 is 20.0 Å². The Balaban J connectivity index is 0.809. The normalized spacial score (nSPS) is 19.8. The average molecular weight is 813 g/mol. The standard InChI is InChI=1S/C42H50F2N10O5/c1-51(19-4-3-6-27-7-5-8-32-37(27)52(2)42(58)54(32)33-15-16-35(55)49-40(33)57)22-26-11-13-29(14-12-26)53-23-30(36(50-53)38(43)44)47-39(56)31-24-59-41(48-31)28-17-18-45-34(20-28)46-21-25-9-10-25/h5,7-8,17-18,20,23-26,29,33,38H,3-4,6,9-16,19,21-22H2,1-2H3,(H,45,46)(H,47,56)(H,49,55,57). The number of carbonyl (C=O) groups excluding carboxylic acids is 3. The van der Waals surface area contributed by atoms with Crippen LogP contribution in [-0.2, 0) is 23.1 Å². The van der Waals surface area contributed by atoms with Crippen molar-refractivity contribution in [3.05, 3.63) is 76.4 Å². The summed E-state index contributed by atoms with van der Waals surface area (Å²) < 4.78 is 38.6. The van der Waals surface area contributed by atoms with Crippen LogP contribution >= 0.6 is 0 Å². The number of unbranched alkanes of at least 4 members (excludes halogenated alkanes) is 1. The molecule has 8 rings (SSSR count). The first-order valence-corrected chi connectivity index (χ1v) is 20.6. The third-order valence-electron chi connectivity index (χ3n) is 11.9. The van der Waals surface area contributed by atoms with Crippen molar-refractivity contribution < 1.29 is 27.6 Å². The lowest BCUT2D eigenvalue weighted by atomic mass is 9.86. The number of halogens is 2. The molecule has 5 aromatic rings. The van der Waals surface area contributed by atoms with Crippen molar-refractivity contribution in [3.8, 4) is 11.5 Å². The fourth-order valence-corrected chi connectivity index (χ4v) is 8.55. The molecule has 0 spiro atoms. The Bertz CT molecular complexity index is 2390. The summed E-state index contributed by atoms with van der Waals surface area (Å²) in [4.78, 5) is 61.7. The highest BCUT2D eigenvalue weighted by atomic mass is 19.3. The lowest BCUT2D eigenvalue weighted by Gasteiger charge is -2.31. The summed E-state index contributed by atoms with van der Waals surface area (Å²) >= 11 is 0. The van der Waals surface area contributed by atoms with E-state index in [2.05, 4.69) is 43.0 Å². The van der Waals surface area contributed by atoms with E-state index in [0.29, 0.717) is 35.2 Å². The summed E-state index contributed by atoms with van der Waals surface area (Å²) in [6.07, 6.45) is 10.5. The first kappa shape index (κ1) is 40.1. The van der Waals surface area contributed by atoms with Crippen molar-refractivity contribution in [2.24, 2.45) is 18.9 Å². The van der Waals surface area contributed by atoms with Crippen LogP contribution in [0.4, 0.5) is 20.3 Å². The highest BCUT2D eigenvalue weighted by Crippen LogP contribution is 2.36. The number of aromatic nitrogens is 6. The number of alkyl halides is 2. The topological polar surface area (TPSA) is 174 Å². The molecule has 17 heteroatoms. The van der Waals surface area contributed by atoms with Gasteiger partial charge in [0.2, 0.25) is 17.7 Å². The summed E-state index contributed by atoms with van der Waals surface area (Å²) in [5.41, 5.74) is 2.38. The Morgan fingerprint density at radius 1 is 1.05 bits per heavy atom. The minimum absolute atomic E-state index is 0.0343. The van der Waals surface area contributed by atoms with Crippen molar-refractivity contribution in [1.82, 2.24) is 39.1 Å². The number of carbonyl (C=O) groups is 3. The third-order valence-corrected chi connectivity index (χ3v) is 11.9. The van der Waals surface area contributed by atoms with Gasteiger partial charge in [-0.05, 0) is 113 Å². The van der Waals surface area contributed by atoms with Gasteiger partial charge >= 0.3 is 5.69 Å². The highest BCUT2D eigenvalue weighted by Gasteiger charge is 2.32. The van der Waals surface area contributed by atoms with Crippen LogP contribution in [0.15, 0.2) is 58.2 Å². The number of oxazole rings is 1. The molecule has 1 atom stereocenters. The minimum Gasteiger partial charge on any atom is -0.444 e. The number of fused-ring (bicyclic) bond motifs is 1. The molecule has 5 heterocycles. The van der Waals surface area contributed by atoms with Crippen LogP contribution in [0.1, 0.15) is 104 Å². The van der Waals surface area contributed by atoms with Gasteiger partial charge in [-0.25, -0.2) is 23.5 Å². The van der Waals surface area contributed by atoms with E-state index in [0.717, 1.165) is 75.7 Å². The molecule has 0 bridgehead atoms. The molecule has 312 valence electrons. The van der Waals surface area contributed by atoms with Gasteiger partial charge in [0.1, 0.15) is 18.1 Å². The van der Waals surface area contributed by atoms with E-state index in [-0.39, 0.29) is 41.3 Å². The van der Waals surface area contributed by atoms with E-state index < -0.39 is 30.0 Å². The van der Waals surface area contributed by atoms with Gasteiger partial charge in [-0.1, -0.05) is 12.1 Å². The summed E-state index contributed by atoms with van der Waals surface area (Å²) in [5, 5.41) is 12.5. The third kappa shape index (κ3) is 8.99. The Labute approximate surface area is 339 Å². The maximum Gasteiger partial charge on any atom is 0.329 e. The first-order valence-electron chi connectivity index (χ1n) is 20.6. The fraction of sp³-hybridized carbons (Fsp3) is 0.500. The number of imidazole rings is 1. The van der Waals surface area contributed by atoms with E-state index in [1.165, 1.54) is 29.9 Å². The van der Waals surface area contributed by atoms with Crippen molar-refractivity contribution >= 4 is 40.3 Å². The number of nitrogens with zero attached hydrogens (tertiary/aromatic N) is 7. The molecule has 4 aromatic heterocycles. The van der Waals surface area contributed by atoms with Crippen LogP contribution in [0.2, 0.25) is 0 Å². The molecule has 59 heavy (non-hydrogen) atoms. The molecule has 1 aromatic carbocycles. The Kier molecular flexibility index (Phi) is 11.7. The lowest BCUT2D eigenvalue weighted by Crippen LogP contribution is -2.44. The van der Waals surface area contributed by atoms with Gasteiger partial charge in [0.25, 0.3) is 12.3 Å². The fourth-order valence-electron chi connectivity index (χ4n) is 8.55. The number of benzene rings is 1. The maximum absolute atomic E-state index is 14.2. The highest BCUT2D eigenvalue weighted by molar-refractivity contribution is 6.03. The summed E-state index contributed by atoms with van der Waals surface area (Å²) in [5.74, 6) is 0.615. The zero-order valence-electron chi connectivity index (χ0n) is 33.3. The zero-order valence-corrected chi connectivity index (χ0v) is 33.3. The minimum atomic E-state index is -2.87. The van der Waals surface area contributed by atoms with Crippen LogP contribution in [0.25, 0.3) is 22.5 Å². The second-order valence-corrected chi connectivity index (χ2v) is 16.3.